The zero-order valence-corrected chi connectivity index (χ0v) is 18.2. The van der Waals surface area contributed by atoms with Gasteiger partial charge in [-0.3, -0.25) is 4.79 Å². The average molecular weight is 410 g/mol. The summed E-state index contributed by atoms with van der Waals surface area (Å²) in [5.74, 6) is 2.79. The number of piperazine rings is 1. The van der Waals surface area contributed by atoms with Crippen LogP contribution in [0.25, 0.3) is 0 Å². The number of hydrogen-bond acceptors (Lipinski definition) is 6. The summed E-state index contributed by atoms with van der Waals surface area (Å²) >= 11 is 0. The number of aromatic nitrogens is 2. The highest BCUT2D eigenvalue weighted by atomic mass is 16.5. The van der Waals surface area contributed by atoms with E-state index in [1.807, 2.05) is 36.1 Å². The first-order valence-electron chi connectivity index (χ1n) is 10.8. The summed E-state index contributed by atoms with van der Waals surface area (Å²) in [4.78, 5) is 29.3. The predicted molar refractivity (Wildman–Crippen MR) is 117 cm³/mol. The number of anilines is 1. The number of likely N-dealkylation sites (N-methyl/N-ethyl adjacent to an activating group) is 1. The molecule has 30 heavy (non-hydrogen) atoms. The number of rotatable bonds is 5. The van der Waals surface area contributed by atoms with Gasteiger partial charge in [-0.2, -0.15) is 0 Å². The van der Waals surface area contributed by atoms with Crippen molar-refractivity contribution in [2.45, 2.75) is 33.2 Å². The van der Waals surface area contributed by atoms with Crippen molar-refractivity contribution < 1.29 is 9.53 Å². The highest BCUT2D eigenvalue weighted by Crippen LogP contribution is 2.28. The van der Waals surface area contributed by atoms with Crippen LogP contribution in [0.2, 0.25) is 0 Å². The average Bonchev–Trinajstić information content (AvgIpc) is 2.78. The molecular weight excluding hydrogens is 378 g/mol. The SMILES string of the molecule is CCN1CCN(c2nc(C)nc3c2CN(C(=O)Cc2ccc(OC)cc2)CC3)CC1. The van der Waals surface area contributed by atoms with E-state index in [1.54, 1.807) is 7.11 Å². The fourth-order valence-corrected chi connectivity index (χ4v) is 4.30. The van der Waals surface area contributed by atoms with Gasteiger partial charge < -0.3 is 19.4 Å². The minimum absolute atomic E-state index is 0.146. The highest BCUT2D eigenvalue weighted by molar-refractivity contribution is 5.79. The van der Waals surface area contributed by atoms with Crippen LogP contribution in [0.5, 0.6) is 5.75 Å². The molecule has 0 spiro atoms. The molecule has 1 aromatic carbocycles. The molecule has 0 atom stereocenters. The molecule has 1 saturated heterocycles. The molecule has 0 radical (unpaired) electrons. The summed E-state index contributed by atoms with van der Waals surface area (Å²) in [5.41, 5.74) is 3.23. The van der Waals surface area contributed by atoms with Gasteiger partial charge in [0.15, 0.2) is 0 Å². The molecule has 7 nitrogen and oxygen atoms in total. The Morgan fingerprint density at radius 1 is 1.07 bits per heavy atom. The van der Waals surface area contributed by atoms with Crippen LogP contribution in [0.15, 0.2) is 24.3 Å². The Bertz CT molecular complexity index is 891. The standard InChI is InChI=1S/C23H31N5O2/c1-4-26-11-13-27(14-12-26)23-20-16-28(10-9-21(20)24-17(2)25-23)22(29)15-18-5-7-19(30-3)8-6-18/h5-8H,4,9-16H2,1-3H3. The molecule has 0 unspecified atom stereocenters. The summed E-state index contributed by atoms with van der Waals surface area (Å²) in [5, 5.41) is 0. The molecule has 2 aliphatic rings. The summed E-state index contributed by atoms with van der Waals surface area (Å²) in [6.07, 6.45) is 1.19. The van der Waals surface area contributed by atoms with Crippen molar-refractivity contribution in [2.24, 2.45) is 0 Å². The van der Waals surface area contributed by atoms with Crippen molar-refractivity contribution in [1.82, 2.24) is 19.8 Å². The molecule has 1 amide bonds. The van der Waals surface area contributed by atoms with E-state index in [-0.39, 0.29) is 5.91 Å². The molecule has 4 rings (SSSR count). The van der Waals surface area contributed by atoms with Crippen molar-refractivity contribution in [2.75, 3.05) is 51.3 Å². The van der Waals surface area contributed by atoms with Crippen LogP contribution in [0.4, 0.5) is 5.82 Å². The molecular formula is C23H31N5O2. The predicted octanol–water partition coefficient (Wildman–Crippen LogP) is 2.06. The third kappa shape index (κ3) is 4.41. The Morgan fingerprint density at radius 2 is 1.80 bits per heavy atom. The number of aryl methyl sites for hydroxylation is 1. The van der Waals surface area contributed by atoms with Crippen LogP contribution in [0, 0.1) is 6.92 Å². The Kier molecular flexibility index (Phi) is 6.18. The van der Waals surface area contributed by atoms with Gasteiger partial charge in [0, 0.05) is 44.7 Å². The second kappa shape index (κ2) is 9.00. The smallest absolute Gasteiger partial charge is 0.227 e. The van der Waals surface area contributed by atoms with Crippen molar-refractivity contribution in [3.63, 3.8) is 0 Å². The number of methoxy groups -OCH3 is 1. The van der Waals surface area contributed by atoms with Crippen LogP contribution in [-0.2, 0) is 24.2 Å². The van der Waals surface area contributed by atoms with Crippen molar-refractivity contribution in [3.8, 4) is 5.75 Å². The summed E-state index contributed by atoms with van der Waals surface area (Å²) in [6, 6.07) is 7.72. The van der Waals surface area contributed by atoms with Gasteiger partial charge in [-0.1, -0.05) is 19.1 Å². The molecule has 3 heterocycles. The van der Waals surface area contributed by atoms with Crippen LogP contribution in [0.3, 0.4) is 0 Å². The van der Waals surface area contributed by atoms with Crippen molar-refractivity contribution in [3.05, 3.63) is 46.9 Å². The number of benzene rings is 1. The number of ether oxygens (including phenoxy) is 1. The number of amides is 1. The van der Waals surface area contributed by atoms with E-state index in [4.69, 9.17) is 14.7 Å². The molecule has 0 bridgehead atoms. The third-order valence-corrected chi connectivity index (χ3v) is 6.14. The number of carbonyl (C=O) groups excluding carboxylic acids is 1. The third-order valence-electron chi connectivity index (χ3n) is 6.14. The lowest BCUT2D eigenvalue weighted by molar-refractivity contribution is -0.131. The van der Waals surface area contributed by atoms with Gasteiger partial charge in [0.05, 0.1) is 25.8 Å². The molecule has 160 valence electrons. The second-order valence-corrected chi connectivity index (χ2v) is 8.03. The second-order valence-electron chi connectivity index (χ2n) is 8.03. The van der Waals surface area contributed by atoms with Crippen LogP contribution in [-0.4, -0.2) is 72.1 Å². The Labute approximate surface area is 178 Å². The van der Waals surface area contributed by atoms with Gasteiger partial charge >= 0.3 is 0 Å². The van der Waals surface area contributed by atoms with Gasteiger partial charge in [-0.05, 0) is 31.2 Å². The first-order chi connectivity index (χ1) is 14.6. The molecule has 2 aromatic rings. The molecule has 7 heteroatoms. The topological polar surface area (TPSA) is 61.8 Å². The number of nitrogens with zero attached hydrogens (tertiary/aromatic N) is 5. The van der Waals surface area contributed by atoms with E-state index < -0.39 is 0 Å². The first kappa shape index (κ1) is 20.6. The van der Waals surface area contributed by atoms with E-state index >= 15 is 0 Å². The lowest BCUT2D eigenvalue weighted by atomic mass is 10.0. The minimum Gasteiger partial charge on any atom is -0.497 e. The zero-order chi connectivity index (χ0) is 21.1. The fourth-order valence-electron chi connectivity index (χ4n) is 4.30. The first-order valence-corrected chi connectivity index (χ1v) is 10.8. The zero-order valence-electron chi connectivity index (χ0n) is 18.2. The quantitative estimate of drug-likeness (QED) is 0.753. The van der Waals surface area contributed by atoms with Crippen LogP contribution < -0.4 is 9.64 Å². The van der Waals surface area contributed by atoms with E-state index in [9.17, 15) is 4.79 Å². The van der Waals surface area contributed by atoms with Gasteiger partial charge in [-0.25, -0.2) is 9.97 Å². The normalized spacial score (nSPS) is 17.0. The maximum Gasteiger partial charge on any atom is 0.227 e. The lowest BCUT2D eigenvalue weighted by Crippen LogP contribution is -2.47. The fraction of sp³-hybridized carbons (Fsp3) is 0.522. The largest absolute Gasteiger partial charge is 0.497 e. The molecule has 0 aliphatic carbocycles. The van der Waals surface area contributed by atoms with E-state index in [0.717, 1.165) is 73.4 Å². The maximum absolute atomic E-state index is 13.0. The monoisotopic (exact) mass is 409 g/mol. The van der Waals surface area contributed by atoms with Crippen LogP contribution >= 0.6 is 0 Å². The molecule has 2 aliphatic heterocycles. The lowest BCUT2D eigenvalue weighted by Gasteiger charge is -2.37. The van der Waals surface area contributed by atoms with E-state index in [0.29, 0.717) is 19.5 Å². The maximum atomic E-state index is 13.0. The molecule has 0 saturated carbocycles. The molecule has 1 fully saturated rings. The van der Waals surface area contributed by atoms with Gasteiger partial charge in [0.25, 0.3) is 0 Å². The summed E-state index contributed by atoms with van der Waals surface area (Å²) in [6.45, 7) is 10.6. The number of fused-ring (bicyclic) bond motifs is 1. The van der Waals surface area contributed by atoms with Crippen molar-refractivity contribution >= 4 is 11.7 Å². The summed E-state index contributed by atoms with van der Waals surface area (Å²) in [7, 11) is 1.65. The van der Waals surface area contributed by atoms with Gasteiger partial charge in [0.2, 0.25) is 5.91 Å². The Hall–Kier alpha value is -2.67. The Balaban J connectivity index is 1.50. The van der Waals surface area contributed by atoms with E-state index in [1.165, 1.54) is 0 Å². The summed E-state index contributed by atoms with van der Waals surface area (Å²) < 4.78 is 5.21. The molecule has 0 N–H and O–H groups in total. The van der Waals surface area contributed by atoms with E-state index in [2.05, 4.69) is 16.7 Å². The van der Waals surface area contributed by atoms with Gasteiger partial charge in [0.1, 0.15) is 17.4 Å². The molecule has 1 aromatic heterocycles. The number of carbonyl (C=O) groups is 1. The Morgan fingerprint density at radius 3 is 2.47 bits per heavy atom. The van der Waals surface area contributed by atoms with Gasteiger partial charge in [-0.15, -0.1) is 0 Å². The van der Waals surface area contributed by atoms with Crippen molar-refractivity contribution in [1.29, 1.82) is 0 Å². The minimum atomic E-state index is 0.146. The number of hydrogen-bond donors (Lipinski definition) is 0. The highest BCUT2D eigenvalue weighted by Gasteiger charge is 2.28. The van der Waals surface area contributed by atoms with Crippen LogP contribution in [0.1, 0.15) is 29.6 Å².